The lowest BCUT2D eigenvalue weighted by Crippen LogP contribution is -2.43. The third-order valence-corrected chi connectivity index (χ3v) is 5.24. The van der Waals surface area contributed by atoms with Gasteiger partial charge in [-0.25, -0.2) is 9.59 Å². The van der Waals surface area contributed by atoms with Crippen LogP contribution in [0.3, 0.4) is 0 Å². The lowest BCUT2D eigenvalue weighted by atomic mass is 9.90. The van der Waals surface area contributed by atoms with Gasteiger partial charge in [-0.2, -0.15) is 0 Å². The molecule has 1 heterocycles. The molecule has 1 aliphatic heterocycles. The van der Waals surface area contributed by atoms with E-state index in [1.54, 1.807) is 44.4 Å². The highest BCUT2D eigenvalue weighted by molar-refractivity contribution is 6.09. The molecule has 2 aromatic carbocycles. The molecule has 9 heteroatoms. The van der Waals surface area contributed by atoms with Crippen molar-refractivity contribution in [2.24, 2.45) is 0 Å². The number of methoxy groups -OCH3 is 1. The Balaban J connectivity index is 1.66. The summed E-state index contributed by atoms with van der Waals surface area (Å²) in [6.07, 6.45) is 0. The maximum Gasteiger partial charge on any atom is 0.335 e. The average Bonchev–Trinajstić information content (AvgIpc) is 2.96. The summed E-state index contributed by atoms with van der Waals surface area (Å²) in [6, 6.07) is 10.6. The molecule has 0 spiro atoms. The highest BCUT2D eigenvalue weighted by Gasteiger charge is 2.49. The minimum atomic E-state index is -1.29. The van der Waals surface area contributed by atoms with E-state index in [1.807, 2.05) is 6.92 Å². The van der Waals surface area contributed by atoms with E-state index < -0.39 is 35.9 Å². The number of carbonyl (C=O) groups is 4. The fraction of sp³-hybridized carbons (Fsp3) is 0.273. The molecule has 3 N–H and O–H groups in total. The van der Waals surface area contributed by atoms with Gasteiger partial charge < -0.3 is 20.5 Å². The van der Waals surface area contributed by atoms with Crippen molar-refractivity contribution in [1.29, 1.82) is 0 Å². The van der Waals surface area contributed by atoms with E-state index in [2.05, 4.69) is 10.6 Å². The molecule has 9 nitrogen and oxygen atoms in total. The van der Waals surface area contributed by atoms with Crippen LogP contribution in [0.5, 0.6) is 5.75 Å². The van der Waals surface area contributed by atoms with Gasteiger partial charge in [0.15, 0.2) is 0 Å². The highest BCUT2D eigenvalue weighted by atomic mass is 16.5. The van der Waals surface area contributed by atoms with Gasteiger partial charge in [-0.3, -0.25) is 14.5 Å². The van der Waals surface area contributed by atoms with Crippen LogP contribution in [0, 0.1) is 6.92 Å². The Morgan fingerprint density at radius 2 is 1.84 bits per heavy atom. The van der Waals surface area contributed by atoms with E-state index in [0.717, 1.165) is 10.5 Å². The van der Waals surface area contributed by atoms with Crippen LogP contribution in [0.15, 0.2) is 42.5 Å². The van der Waals surface area contributed by atoms with E-state index in [1.165, 1.54) is 12.1 Å². The first-order valence-corrected chi connectivity index (χ1v) is 9.54. The molecular formula is C22H23N3O6. The fourth-order valence-corrected chi connectivity index (χ4v) is 3.39. The predicted octanol–water partition coefficient (Wildman–Crippen LogP) is 1.79. The second-order valence-corrected chi connectivity index (χ2v) is 7.41. The number of imide groups is 1. The summed E-state index contributed by atoms with van der Waals surface area (Å²) < 4.78 is 5.23. The number of carboxylic acids is 1. The van der Waals surface area contributed by atoms with Crippen molar-refractivity contribution >= 4 is 23.8 Å². The van der Waals surface area contributed by atoms with Gasteiger partial charge in [0.05, 0.1) is 12.7 Å². The van der Waals surface area contributed by atoms with Crippen molar-refractivity contribution in [1.82, 2.24) is 15.5 Å². The molecule has 31 heavy (non-hydrogen) atoms. The number of rotatable bonds is 7. The standard InChI is InChI=1S/C22H23N3O6/c1-13-10-16(8-9-17(13)31-3)22(2)20(29)25(21(30)24-22)12-18(26)23-11-14-4-6-15(7-5-14)19(27)28/h4-10H,11-12H2,1-3H3,(H,23,26)(H,24,30)(H,27,28). The fourth-order valence-electron chi connectivity index (χ4n) is 3.39. The number of carboxylic acid groups (broad SMARTS) is 1. The van der Waals surface area contributed by atoms with Crippen molar-refractivity contribution in [3.05, 3.63) is 64.7 Å². The maximum atomic E-state index is 13.0. The monoisotopic (exact) mass is 425 g/mol. The summed E-state index contributed by atoms with van der Waals surface area (Å²) in [5, 5.41) is 14.2. The lowest BCUT2D eigenvalue weighted by Gasteiger charge is -2.23. The van der Waals surface area contributed by atoms with E-state index in [-0.39, 0.29) is 12.1 Å². The number of hydrogen-bond donors (Lipinski definition) is 3. The quantitative estimate of drug-likeness (QED) is 0.581. The average molecular weight is 425 g/mol. The molecule has 1 atom stereocenters. The molecule has 1 unspecified atom stereocenters. The van der Waals surface area contributed by atoms with Gasteiger partial charge in [0, 0.05) is 6.54 Å². The normalized spacial score (nSPS) is 18.0. The molecule has 0 aromatic heterocycles. The lowest BCUT2D eigenvalue weighted by molar-refractivity contribution is -0.134. The molecule has 2 aromatic rings. The number of benzene rings is 2. The Kier molecular flexibility index (Phi) is 5.96. The number of nitrogens with one attached hydrogen (secondary N) is 2. The van der Waals surface area contributed by atoms with Crippen LogP contribution in [0.4, 0.5) is 4.79 Å². The molecule has 1 fully saturated rings. The Bertz CT molecular complexity index is 1050. The van der Waals surface area contributed by atoms with Crippen LogP contribution in [0.2, 0.25) is 0 Å². The van der Waals surface area contributed by atoms with Crippen LogP contribution in [-0.4, -0.2) is 47.5 Å². The molecule has 0 radical (unpaired) electrons. The number of carbonyl (C=O) groups excluding carboxylic acids is 3. The summed E-state index contributed by atoms with van der Waals surface area (Å²) in [4.78, 5) is 49.5. The van der Waals surface area contributed by atoms with Crippen molar-refractivity contribution in [2.45, 2.75) is 25.9 Å². The molecule has 0 bridgehead atoms. The molecule has 162 valence electrons. The van der Waals surface area contributed by atoms with Gasteiger partial charge in [-0.15, -0.1) is 0 Å². The van der Waals surface area contributed by atoms with Crippen molar-refractivity contribution in [2.75, 3.05) is 13.7 Å². The van der Waals surface area contributed by atoms with Crippen molar-refractivity contribution < 1.29 is 29.0 Å². The molecule has 4 amide bonds. The maximum absolute atomic E-state index is 13.0. The van der Waals surface area contributed by atoms with E-state index >= 15 is 0 Å². The number of hydrogen-bond acceptors (Lipinski definition) is 5. The SMILES string of the molecule is COc1ccc(C2(C)NC(=O)N(CC(=O)NCc3ccc(C(=O)O)cc3)C2=O)cc1C. The van der Waals surface area contributed by atoms with E-state index in [9.17, 15) is 19.2 Å². The predicted molar refractivity (Wildman–Crippen MR) is 111 cm³/mol. The van der Waals surface area contributed by atoms with Crippen LogP contribution in [0.25, 0.3) is 0 Å². The Morgan fingerprint density at radius 1 is 1.16 bits per heavy atom. The van der Waals surface area contributed by atoms with Crippen LogP contribution >= 0.6 is 0 Å². The highest BCUT2D eigenvalue weighted by Crippen LogP contribution is 2.31. The minimum absolute atomic E-state index is 0.136. The molecule has 0 saturated carbocycles. The van der Waals surface area contributed by atoms with Gasteiger partial charge in [0.1, 0.15) is 17.8 Å². The number of aryl methyl sites for hydroxylation is 1. The van der Waals surface area contributed by atoms with Gasteiger partial charge >= 0.3 is 12.0 Å². The van der Waals surface area contributed by atoms with Crippen molar-refractivity contribution in [3.8, 4) is 5.75 Å². The van der Waals surface area contributed by atoms with Gasteiger partial charge in [-0.1, -0.05) is 18.2 Å². The van der Waals surface area contributed by atoms with E-state index in [4.69, 9.17) is 9.84 Å². The summed E-state index contributed by atoms with van der Waals surface area (Å²) >= 11 is 0. The topological polar surface area (TPSA) is 125 Å². The summed E-state index contributed by atoms with van der Waals surface area (Å²) in [5.41, 5.74) is 0.941. The summed E-state index contributed by atoms with van der Waals surface area (Å²) in [6.45, 7) is 3.14. The second kappa shape index (κ2) is 8.47. The first kappa shape index (κ1) is 21.8. The Labute approximate surface area is 179 Å². The molecule has 0 aliphatic carbocycles. The zero-order chi connectivity index (χ0) is 22.8. The zero-order valence-electron chi connectivity index (χ0n) is 17.4. The largest absolute Gasteiger partial charge is 0.496 e. The van der Waals surface area contributed by atoms with Gasteiger partial charge in [-0.05, 0) is 54.8 Å². The Hall–Kier alpha value is -3.88. The van der Waals surface area contributed by atoms with Crippen LogP contribution in [0.1, 0.15) is 34.0 Å². The third kappa shape index (κ3) is 4.35. The van der Waals surface area contributed by atoms with Crippen LogP contribution in [-0.2, 0) is 21.7 Å². The smallest absolute Gasteiger partial charge is 0.335 e. The second-order valence-electron chi connectivity index (χ2n) is 7.41. The van der Waals surface area contributed by atoms with Crippen molar-refractivity contribution in [3.63, 3.8) is 0 Å². The number of nitrogens with zero attached hydrogens (tertiary/aromatic N) is 1. The van der Waals surface area contributed by atoms with Crippen LogP contribution < -0.4 is 15.4 Å². The van der Waals surface area contributed by atoms with Gasteiger partial charge in [0.2, 0.25) is 5.91 Å². The first-order chi connectivity index (χ1) is 14.7. The molecule has 1 aliphatic rings. The molecule has 3 rings (SSSR count). The summed E-state index contributed by atoms with van der Waals surface area (Å²) in [5.74, 6) is -1.41. The number of aromatic carboxylic acids is 1. The molecule has 1 saturated heterocycles. The first-order valence-electron chi connectivity index (χ1n) is 9.54. The number of amides is 4. The Morgan fingerprint density at radius 3 is 2.42 bits per heavy atom. The number of urea groups is 1. The zero-order valence-corrected chi connectivity index (χ0v) is 17.4. The minimum Gasteiger partial charge on any atom is -0.496 e. The molecular weight excluding hydrogens is 402 g/mol. The number of ether oxygens (including phenoxy) is 1. The van der Waals surface area contributed by atoms with E-state index in [0.29, 0.717) is 16.9 Å². The summed E-state index contributed by atoms with van der Waals surface area (Å²) in [7, 11) is 1.55. The van der Waals surface area contributed by atoms with Gasteiger partial charge in [0.25, 0.3) is 5.91 Å². The third-order valence-electron chi connectivity index (χ3n) is 5.24.